The summed E-state index contributed by atoms with van der Waals surface area (Å²) in [4.78, 5) is 18.2. The fraction of sp³-hybridized carbons (Fsp3) is 0.526. The van der Waals surface area contributed by atoms with Crippen molar-refractivity contribution in [2.45, 2.75) is 39.5 Å². The number of benzene rings is 1. The summed E-state index contributed by atoms with van der Waals surface area (Å²) in [5, 5.41) is 4.28. The number of carbonyl (C=O) groups is 1. The molecule has 1 heterocycles. The quantitative estimate of drug-likeness (QED) is 0.861. The first-order chi connectivity index (χ1) is 11.2. The van der Waals surface area contributed by atoms with Gasteiger partial charge in [0.25, 0.3) is 5.91 Å². The molecule has 0 bridgehead atoms. The van der Waals surface area contributed by atoms with Gasteiger partial charge in [-0.05, 0) is 62.5 Å². The lowest BCUT2D eigenvalue weighted by Gasteiger charge is -2.18. The van der Waals surface area contributed by atoms with Crippen LogP contribution in [0.25, 0.3) is 10.9 Å². The molecule has 1 aromatic carbocycles. The number of H-pyrrole nitrogens is 1. The molecule has 4 nitrogen and oxygen atoms in total. The van der Waals surface area contributed by atoms with Crippen LogP contribution in [0.1, 0.15) is 48.3 Å². The minimum absolute atomic E-state index is 0.0322. The maximum atomic E-state index is 12.4. The number of aromatic nitrogens is 1. The van der Waals surface area contributed by atoms with Crippen molar-refractivity contribution in [2.24, 2.45) is 0 Å². The van der Waals surface area contributed by atoms with Crippen LogP contribution >= 0.6 is 0 Å². The second-order valence-electron chi connectivity index (χ2n) is 6.33. The highest BCUT2D eigenvalue weighted by molar-refractivity contribution is 5.99. The summed E-state index contributed by atoms with van der Waals surface area (Å²) in [5.41, 5.74) is 4.72. The third kappa shape index (κ3) is 3.42. The van der Waals surface area contributed by atoms with Crippen LogP contribution in [-0.4, -0.2) is 42.0 Å². The standard InChI is InChI=1S/C19H27N3O/c1-3-22(4-2)12-11-20-19(23)14-9-10-18-16(13-14)15-7-5-6-8-17(15)21-18/h9-10,13,21H,3-8,11-12H2,1-2H3,(H,20,23). The lowest BCUT2D eigenvalue weighted by atomic mass is 9.95. The molecule has 0 saturated heterocycles. The van der Waals surface area contributed by atoms with Crippen molar-refractivity contribution in [2.75, 3.05) is 26.2 Å². The predicted octanol–water partition coefficient (Wildman–Crippen LogP) is 3.12. The molecular weight excluding hydrogens is 286 g/mol. The molecule has 0 radical (unpaired) electrons. The van der Waals surface area contributed by atoms with Crippen LogP contribution in [0.3, 0.4) is 0 Å². The Kier molecular flexibility index (Phi) is 5.01. The molecule has 124 valence electrons. The summed E-state index contributed by atoms with van der Waals surface area (Å²) in [7, 11) is 0. The molecule has 1 amide bonds. The minimum atomic E-state index is 0.0322. The van der Waals surface area contributed by atoms with Crippen LogP contribution in [-0.2, 0) is 12.8 Å². The number of likely N-dealkylation sites (N-methyl/N-ethyl adjacent to an activating group) is 1. The van der Waals surface area contributed by atoms with Gasteiger partial charge in [0.2, 0.25) is 0 Å². The topological polar surface area (TPSA) is 48.1 Å². The smallest absolute Gasteiger partial charge is 0.251 e. The molecule has 2 N–H and O–H groups in total. The Bertz CT molecular complexity index is 685. The molecule has 0 saturated carbocycles. The highest BCUT2D eigenvalue weighted by atomic mass is 16.1. The van der Waals surface area contributed by atoms with Gasteiger partial charge in [0.05, 0.1) is 0 Å². The van der Waals surface area contributed by atoms with E-state index in [4.69, 9.17) is 0 Å². The molecule has 1 aromatic heterocycles. The highest BCUT2D eigenvalue weighted by Crippen LogP contribution is 2.29. The van der Waals surface area contributed by atoms with Crippen LogP contribution in [0.2, 0.25) is 0 Å². The SMILES string of the molecule is CCN(CC)CCNC(=O)c1ccc2[nH]c3c(c2c1)CCCC3. The van der Waals surface area contributed by atoms with E-state index in [2.05, 4.69) is 35.1 Å². The number of rotatable bonds is 6. The van der Waals surface area contributed by atoms with Gasteiger partial charge in [-0.25, -0.2) is 0 Å². The average molecular weight is 313 g/mol. The zero-order valence-electron chi connectivity index (χ0n) is 14.2. The summed E-state index contributed by atoms with van der Waals surface area (Å²) in [6.45, 7) is 7.94. The largest absolute Gasteiger partial charge is 0.358 e. The minimum Gasteiger partial charge on any atom is -0.358 e. The monoisotopic (exact) mass is 313 g/mol. The van der Waals surface area contributed by atoms with E-state index >= 15 is 0 Å². The molecule has 23 heavy (non-hydrogen) atoms. The number of hydrogen-bond acceptors (Lipinski definition) is 2. The summed E-state index contributed by atoms with van der Waals surface area (Å²) in [5.74, 6) is 0.0322. The molecule has 0 atom stereocenters. The third-order valence-corrected chi connectivity index (χ3v) is 4.97. The van der Waals surface area contributed by atoms with E-state index in [1.54, 1.807) is 0 Å². The van der Waals surface area contributed by atoms with Gasteiger partial charge >= 0.3 is 0 Å². The molecule has 1 aliphatic carbocycles. The van der Waals surface area contributed by atoms with E-state index in [9.17, 15) is 4.79 Å². The van der Waals surface area contributed by atoms with E-state index in [1.807, 2.05) is 12.1 Å². The Labute approximate surface area is 138 Å². The molecule has 4 heteroatoms. The van der Waals surface area contributed by atoms with Gasteiger partial charge in [-0.2, -0.15) is 0 Å². The summed E-state index contributed by atoms with van der Waals surface area (Å²) in [6, 6.07) is 6.03. The molecule has 0 unspecified atom stereocenters. The molecular formula is C19H27N3O. The average Bonchev–Trinajstić information content (AvgIpc) is 2.96. The lowest BCUT2D eigenvalue weighted by Crippen LogP contribution is -2.34. The summed E-state index contributed by atoms with van der Waals surface area (Å²) in [6.07, 6.45) is 4.77. The first kappa shape index (κ1) is 16.1. The van der Waals surface area contributed by atoms with Crippen LogP contribution in [0.5, 0.6) is 0 Å². The Hall–Kier alpha value is -1.81. The van der Waals surface area contributed by atoms with Gasteiger partial charge in [0, 0.05) is 35.2 Å². The van der Waals surface area contributed by atoms with Gasteiger partial charge in [0.15, 0.2) is 0 Å². The van der Waals surface area contributed by atoms with Crippen LogP contribution in [0.15, 0.2) is 18.2 Å². The highest BCUT2D eigenvalue weighted by Gasteiger charge is 2.16. The first-order valence-electron chi connectivity index (χ1n) is 8.87. The van der Waals surface area contributed by atoms with Gasteiger partial charge in [-0.3, -0.25) is 4.79 Å². The molecule has 0 fully saturated rings. The van der Waals surface area contributed by atoms with E-state index in [0.717, 1.165) is 43.6 Å². The number of aromatic amines is 1. The van der Waals surface area contributed by atoms with Gasteiger partial charge in [-0.15, -0.1) is 0 Å². The molecule has 2 aromatic rings. The van der Waals surface area contributed by atoms with Crippen molar-refractivity contribution in [1.82, 2.24) is 15.2 Å². The van der Waals surface area contributed by atoms with E-state index < -0.39 is 0 Å². The van der Waals surface area contributed by atoms with Crippen LogP contribution in [0.4, 0.5) is 0 Å². The van der Waals surface area contributed by atoms with Crippen LogP contribution < -0.4 is 5.32 Å². The van der Waals surface area contributed by atoms with Gasteiger partial charge < -0.3 is 15.2 Å². The maximum Gasteiger partial charge on any atom is 0.251 e. The number of nitrogens with zero attached hydrogens (tertiary/aromatic N) is 1. The summed E-state index contributed by atoms with van der Waals surface area (Å²) < 4.78 is 0. The Morgan fingerprint density at radius 3 is 2.78 bits per heavy atom. The second-order valence-corrected chi connectivity index (χ2v) is 6.33. The zero-order chi connectivity index (χ0) is 16.2. The van der Waals surface area contributed by atoms with Crippen molar-refractivity contribution in [3.8, 4) is 0 Å². The predicted molar refractivity (Wildman–Crippen MR) is 95.1 cm³/mol. The maximum absolute atomic E-state index is 12.4. The second kappa shape index (κ2) is 7.18. The van der Waals surface area contributed by atoms with Crippen molar-refractivity contribution in [3.05, 3.63) is 35.0 Å². The first-order valence-corrected chi connectivity index (χ1v) is 8.87. The van der Waals surface area contributed by atoms with Crippen molar-refractivity contribution >= 4 is 16.8 Å². The van der Waals surface area contributed by atoms with E-state index in [1.165, 1.54) is 29.5 Å². The zero-order valence-corrected chi connectivity index (χ0v) is 14.2. The number of amides is 1. The van der Waals surface area contributed by atoms with Crippen molar-refractivity contribution in [1.29, 1.82) is 0 Å². The van der Waals surface area contributed by atoms with Crippen molar-refractivity contribution < 1.29 is 4.79 Å². The Morgan fingerprint density at radius 2 is 2.00 bits per heavy atom. The fourth-order valence-corrected chi connectivity index (χ4v) is 3.52. The number of carbonyl (C=O) groups excluding carboxylic acids is 1. The van der Waals surface area contributed by atoms with Gasteiger partial charge in [0.1, 0.15) is 0 Å². The molecule has 3 rings (SSSR count). The Balaban J connectivity index is 1.71. The molecule has 1 aliphatic rings. The lowest BCUT2D eigenvalue weighted by molar-refractivity contribution is 0.0949. The van der Waals surface area contributed by atoms with Gasteiger partial charge in [-0.1, -0.05) is 13.8 Å². The normalized spacial score (nSPS) is 14.2. The van der Waals surface area contributed by atoms with Crippen molar-refractivity contribution in [3.63, 3.8) is 0 Å². The Morgan fingerprint density at radius 1 is 1.22 bits per heavy atom. The summed E-state index contributed by atoms with van der Waals surface area (Å²) >= 11 is 0. The molecule has 0 aliphatic heterocycles. The number of hydrogen-bond donors (Lipinski definition) is 2. The van der Waals surface area contributed by atoms with E-state index in [0.29, 0.717) is 6.54 Å². The van der Waals surface area contributed by atoms with E-state index in [-0.39, 0.29) is 5.91 Å². The number of aryl methyl sites for hydroxylation is 2. The fourth-order valence-electron chi connectivity index (χ4n) is 3.52. The number of fused-ring (bicyclic) bond motifs is 3. The number of nitrogens with one attached hydrogen (secondary N) is 2. The van der Waals surface area contributed by atoms with Crippen LogP contribution in [0, 0.1) is 0 Å². The molecule has 0 spiro atoms. The third-order valence-electron chi connectivity index (χ3n) is 4.97.